The number of benzene rings is 2. The van der Waals surface area contributed by atoms with Crippen LogP contribution in [-0.2, 0) is 27.4 Å². The molecule has 3 atom stereocenters. The van der Waals surface area contributed by atoms with E-state index in [2.05, 4.69) is 0 Å². The molecule has 5 nitrogen and oxygen atoms in total. The van der Waals surface area contributed by atoms with Crippen LogP contribution in [0.3, 0.4) is 0 Å². The van der Waals surface area contributed by atoms with Gasteiger partial charge in [0, 0.05) is 6.42 Å². The second-order valence-electron chi connectivity index (χ2n) is 7.77. The summed E-state index contributed by atoms with van der Waals surface area (Å²) in [7, 11) is 1.66. The van der Waals surface area contributed by atoms with Gasteiger partial charge in [-0.1, -0.05) is 48.9 Å². The van der Waals surface area contributed by atoms with E-state index in [-0.39, 0.29) is 12.2 Å². The molecule has 0 spiro atoms. The van der Waals surface area contributed by atoms with Gasteiger partial charge in [-0.15, -0.1) is 0 Å². The molecule has 0 saturated carbocycles. The average molecular weight is 401 g/mol. The van der Waals surface area contributed by atoms with Crippen LogP contribution < -0.4 is 4.74 Å². The minimum atomic E-state index is -1.10. The molecular formula is C24H32O5. The van der Waals surface area contributed by atoms with E-state index in [4.69, 9.17) is 18.9 Å². The number of ether oxygens (including phenoxy) is 4. The van der Waals surface area contributed by atoms with Crippen molar-refractivity contribution in [2.75, 3.05) is 13.7 Å². The number of hydrogen-bond donors (Lipinski definition) is 1. The first-order chi connectivity index (χ1) is 14.1. The highest BCUT2D eigenvalue weighted by Gasteiger charge is 2.38. The minimum Gasteiger partial charge on any atom is -0.497 e. The molecule has 0 unspecified atom stereocenters. The van der Waals surface area contributed by atoms with Crippen molar-refractivity contribution in [1.82, 2.24) is 0 Å². The number of methoxy groups -OCH3 is 1. The Morgan fingerprint density at radius 2 is 1.66 bits per heavy atom. The Kier molecular flexibility index (Phi) is 8.07. The van der Waals surface area contributed by atoms with Crippen molar-refractivity contribution in [2.45, 2.75) is 63.8 Å². The van der Waals surface area contributed by atoms with Crippen LogP contribution in [0.1, 0.15) is 43.7 Å². The molecule has 2 aromatic rings. The first-order valence-corrected chi connectivity index (χ1v) is 10.3. The first kappa shape index (κ1) is 21.8. The van der Waals surface area contributed by atoms with Crippen LogP contribution in [0, 0.1) is 0 Å². The van der Waals surface area contributed by atoms with E-state index in [0.717, 1.165) is 36.1 Å². The molecule has 1 fully saturated rings. The molecule has 0 radical (unpaired) electrons. The highest BCUT2D eigenvalue weighted by Crippen LogP contribution is 2.29. The molecule has 29 heavy (non-hydrogen) atoms. The van der Waals surface area contributed by atoms with Crippen molar-refractivity contribution < 1.29 is 24.1 Å². The summed E-state index contributed by atoms with van der Waals surface area (Å²) >= 11 is 0. The normalized spacial score (nSPS) is 20.2. The molecule has 3 rings (SSSR count). The molecule has 1 aliphatic heterocycles. The second kappa shape index (κ2) is 10.7. The van der Waals surface area contributed by atoms with Crippen LogP contribution in [0.15, 0.2) is 54.6 Å². The highest BCUT2D eigenvalue weighted by molar-refractivity contribution is 5.26. The second-order valence-corrected chi connectivity index (χ2v) is 7.77. The van der Waals surface area contributed by atoms with Gasteiger partial charge in [-0.2, -0.15) is 0 Å². The minimum absolute atomic E-state index is 0.197. The fourth-order valence-electron chi connectivity index (χ4n) is 3.28. The molecule has 1 heterocycles. The summed E-state index contributed by atoms with van der Waals surface area (Å²) in [4.78, 5) is 0. The quantitative estimate of drug-likeness (QED) is 0.305. The maximum Gasteiger partial charge on any atom is 0.163 e. The highest BCUT2D eigenvalue weighted by atomic mass is 16.6. The van der Waals surface area contributed by atoms with Gasteiger partial charge in [0.1, 0.15) is 11.9 Å². The standard InChI is InChI=1S/C24H32O5/c1-24(25,28-17-19-8-4-3-5-9-19)15-7-6-10-22-23(29-22)18-27-16-20-11-13-21(26-2)14-12-20/h3-5,8-9,11-14,22-23,25H,6-7,10,15-18H2,1-2H3/t22-,23+,24+/m0/s1. The van der Waals surface area contributed by atoms with E-state index in [1.165, 1.54) is 0 Å². The summed E-state index contributed by atoms with van der Waals surface area (Å²) in [5, 5.41) is 10.4. The Labute approximate surface area is 173 Å². The van der Waals surface area contributed by atoms with E-state index in [0.29, 0.717) is 26.2 Å². The maximum absolute atomic E-state index is 10.4. The van der Waals surface area contributed by atoms with Gasteiger partial charge in [-0.05, 0) is 43.0 Å². The van der Waals surface area contributed by atoms with Crippen LogP contribution in [-0.4, -0.2) is 36.8 Å². The van der Waals surface area contributed by atoms with Crippen molar-refractivity contribution in [3.05, 3.63) is 65.7 Å². The summed E-state index contributed by atoms with van der Waals surface area (Å²) in [6, 6.07) is 17.8. The topological polar surface area (TPSA) is 60.5 Å². The Morgan fingerprint density at radius 3 is 2.38 bits per heavy atom. The number of rotatable bonds is 13. The van der Waals surface area contributed by atoms with Crippen LogP contribution >= 0.6 is 0 Å². The molecule has 0 aromatic heterocycles. The molecule has 1 aliphatic rings. The van der Waals surface area contributed by atoms with Gasteiger partial charge in [0.15, 0.2) is 5.79 Å². The molecule has 0 amide bonds. The Hall–Kier alpha value is -1.92. The van der Waals surface area contributed by atoms with Crippen molar-refractivity contribution in [2.24, 2.45) is 0 Å². The van der Waals surface area contributed by atoms with Gasteiger partial charge in [-0.3, -0.25) is 0 Å². The molecule has 5 heteroatoms. The van der Waals surface area contributed by atoms with Crippen LogP contribution in [0.2, 0.25) is 0 Å². The lowest BCUT2D eigenvalue weighted by Gasteiger charge is -2.23. The van der Waals surface area contributed by atoms with Gasteiger partial charge in [0.25, 0.3) is 0 Å². The molecular weight excluding hydrogens is 368 g/mol. The predicted molar refractivity (Wildman–Crippen MR) is 112 cm³/mol. The van der Waals surface area contributed by atoms with E-state index < -0.39 is 5.79 Å². The van der Waals surface area contributed by atoms with E-state index in [1.54, 1.807) is 14.0 Å². The van der Waals surface area contributed by atoms with Crippen molar-refractivity contribution in [1.29, 1.82) is 0 Å². The largest absolute Gasteiger partial charge is 0.497 e. The van der Waals surface area contributed by atoms with Gasteiger partial charge < -0.3 is 24.1 Å². The van der Waals surface area contributed by atoms with Gasteiger partial charge >= 0.3 is 0 Å². The molecule has 1 N–H and O–H groups in total. The lowest BCUT2D eigenvalue weighted by molar-refractivity contribution is -0.202. The van der Waals surface area contributed by atoms with Crippen molar-refractivity contribution in [3.8, 4) is 5.75 Å². The molecule has 0 aliphatic carbocycles. The monoisotopic (exact) mass is 400 g/mol. The van der Waals surface area contributed by atoms with Crippen molar-refractivity contribution in [3.63, 3.8) is 0 Å². The van der Waals surface area contributed by atoms with Crippen LogP contribution in [0.4, 0.5) is 0 Å². The third-order valence-corrected chi connectivity index (χ3v) is 5.17. The zero-order chi connectivity index (χ0) is 20.5. The van der Waals surface area contributed by atoms with Crippen LogP contribution in [0.25, 0.3) is 0 Å². The van der Waals surface area contributed by atoms with Crippen LogP contribution in [0.5, 0.6) is 5.75 Å². The van der Waals surface area contributed by atoms with E-state index in [9.17, 15) is 5.11 Å². The smallest absolute Gasteiger partial charge is 0.163 e. The molecule has 1 saturated heterocycles. The fourth-order valence-corrected chi connectivity index (χ4v) is 3.28. The maximum atomic E-state index is 10.4. The number of hydrogen-bond acceptors (Lipinski definition) is 5. The summed E-state index contributed by atoms with van der Waals surface area (Å²) < 4.78 is 22.3. The van der Waals surface area contributed by atoms with Crippen molar-refractivity contribution >= 4 is 0 Å². The number of epoxide rings is 1. The van der Waals surface area contributed by atoms with E-state index in [1.807, 2.05) is 54.6 Å². The third-order valence-electron chi connectivity index (χ3n) is 5.17. The molecule has 0 bridgehead atoms. The third kappa shape index (κ3) is 7.78. The Morgan fingerprint density at radius 1 is 0.931 bits per heavy atom. The average Bonchev–Trinajstić information content (AvgIpc) is 3.49. The Balaban J connectivity index is 1.22. The zero-order valence-electron chi connectivity index (χ0n) is 17.4. The predicted octanol–water partition coefficient (Wildman–Crippen LogP) is 4.46. The lowest BCUT2D eigenvalue weighted by atomic mass is 10.1. The first-order valence-electron chi connectivity index (χ1n) is 10.3. The summed E-state index contributed by atoms with van der Waals surface area (Å²) in [5.74, 6) is -0.245. The number of unbranched alkanes of at least 4 members (excludes halogenated alkanes) is 1. The lowest BCUT2D eigenvalue weighted by Crippen LogP contribution is -2.27. The Bertz CT molecular complexity index is 714. The fraction of sp³-hybridized carbons (Fsp3) is 0.500. The van der Waals surface area contributed by atoms with E-state index >= 15 is 0 Å². The molecule has 2 aromatic carbocycles. The molecule has 158 valence electrons. The summed E-state index contributed by atoms with van der Waals surface area (Å²) in [5.41, 5.74) is 2.19. The van der Waals surface area contributed by atoms with Gasteiger partial charge in [-0.25, -0.2) is 0 Å². The summed E-state index contributed by atoms with van der Waals surface area (Å²) in [6.45, 7) is 3.36. The van der Waals surface area contributed by atoms with Gasteiger partial charge in [0.05, 0.1) is 33.0 Å². The zero-order valence-corrected chi connectivity index (χ0v) is 17.4. The van der Waals surface area contributed by atoms with Gasteiger partial charge in [0.2, 0.25) is 0 Å². The number of aliphatic hydroxyl groups is 1. The summed E-state index contributed by atoms with van der Waals surface area (Å²) in [6.07, 6.45) is 3.99. The SMILES string of the molecule is COc1ccc(COC[C@H]2O[C@H]2CCCC[C@](C)(O)OCc2ccccc2)cc1.